The van der Waals surface area contributed by atoms with Crippen molar-refractivity contribution >= 4 is 11.7 Å². The Kier molecular flexibility index (Phi) is 4.74. The van der Waals surface area contributed by atoms with Crippen LogP contribution in [0.1, 0.15) is 31.7 Å². The molecule has 1 atom stereocenters. The quantitative estimate of drug-likeness (QED) is 0.812. The van der Waals surface area contributed by atoms with Gasteiger partial charge in [0.25, 0.3) is 0 Å². The van der Waals surface area contributed by atoms with Crippen molar-refractivity contribution in [2.45, 2.75) is 38.8 Å². The molecule has 1 aliphatic rings. The van der Waals surface area contributed by atoms with Gasteiger partial charge in [0.2, 0.25) is 5.91 Å². The third kappa shape index (κ3) is 3.67. The number of amides is 1. The molecule has 1 unspecified atom stereocenters. The van der Waals surface area contributed by atoms with E-state index in [-0.39, 0.29) is 11.9 Å². The fraction of sp³-hybridized carbons (Fsp3) is 0.571. The van der Waals surface area contributed by atoms with Crippen LogP contribution in [0.5, 0.6) is 0 Å². The lowest BCUT2D eigenvalue weighted by molar-refractivity contribution is -0.122. The van der Waals surface area contributed by atoms with Crippen LogP contribution in [-0.4, -0.2) is 34.9 Å². The number of hydrogen-bond acceptors (Lipinski definition) is 4. The molecule has 19 heavy (non-hydrogen) atoms. The zero-order chi connectivity index (χ0) is 13.7. The van der Waals surface area contributed by atoms with Gasteiger partial charge in [-0.1, -0.05) is 6.92 Å². The summed E-state index contributed by atoms with van der Waals surface area (Å²) in [5.74, 6) is 0.685. The highest BCUT2D eigenvalue weighted by molar-refractivity contribution is 5.80. The summed E-state index contributed by atoms with van der Waals surface area (Å²) in [6.07, 6.45) is 4.80. The van der Waals surface area contributed by atoms with E-state index >= 15 is 0 Å². The van der Waals surface area contributed by atoms with Crippen LogP contribution in [0.3, 0.4) is 0 Å². The molecule has 1 aromatic rings. The SMILES string of the molecule is CCCNc1cc(CN2CCCC2C(N)=O)ccn1. The second-order valence-corrected chi connectivity index (χ2v) is 5.01. The summed E-state index contributed by atoms with van der Waals surface area (Å²) in [6.45, 7) is 4.74. The van der Waals surface area contributed by atoms with Crippen molar-refractivity contribution in [1.29, 1.82) is 0 Å². The molecule has 0 saturated carbocycles. The molecule has 0 radical (unpaired) electrons. The van der Waals surface area contributed by atoms with E-state index in [0.29, 0.717) is 0 Å². The monoisotopic (exact) mass is 262 g/mol. The minimum atomic E-state index is -0.212. The van der Waals surface area contributed by atoms with E-state index < -0.39 is 0 Å². The number of pyridine rings is 1. The third-order valence-corrected chi connectivity index (χ3v) is 3.46. The van der Waals surface area contributed by atoms with E-state index in [0.717, 1.165) is 44.7 Å². The molecule has 1 aliphatic heterocycles. The molecule has 2 heterocycles. The molecule has 104 valence electrons. The number of carbonyl (C=O) groups is 1. The Morgan fingerprint density at radius 1 is 1.63 bits per heavy atom. The maximum absolute atomic E-state index is 11.4. The average molecular weight is 262 g/mol. The Morgan fingerprint density at radius 2 is 2.47 bits per heavy atom. The van der Waals surface area contributed by atoms with Gasteiger partial charge in [-0.05, 0) is 43.5 Å². The first-order chi connectivity index (χ1) is 9.20. The molecule has 2 rings (SSSR count). The molecule has 1 saturated heterocycles. The summed E-state index contributed by atoms with van der Waals surface area (Å²) in [5.41, 5.74) is 6.60. The highest BCUT2D eigenvalue weighted by Crippen LogP contribution is 2.20. The van der Waals surface area contributed by atoms with Crippen LogP contribution in [0, 0.1) is 0 Å². The first-order valence-electron chi connectivity index (χ1n) is 6.93. The lowest BCUT2D eigenvalue weighted by Crippen LogP contribution is -2.39. The molecular weight excluding hydrogens is 240 g/mol. The molecule has 5 heteroatoms. The fourth-order valence-corrected chi connectivity index (χ4v) is 2.49. The number of nitrogens with zero attached hydrogens (tertiary/aromatic N) is 2. The van der Waals surface area contributed by atoms with Gasteiger partial charge in [0.1, 0.15) is 5.82 Å². The van der Waals surface area contributed by atoms with Gasteiger partial charge < -0.3 is 11.1 Å². The van der Waals surface area contributed by atoms with Crippen molar-refractivity contribution in [3.05, 3.63) is 23.9 Å². The molecule has 0 spiro atoms. The molecule has 0 aliphatic carbocycles. The van der Waals surface area contributed by atoms with E-state index in [1.165, 1.54) is 5.56 Å². The van der Waals surface area contributed by atoms with Crippen molar-refractivity contribution < 1.29 is 4.79 Å². The predicted molar refractivity (Wildman–Crippen MR) is 75.6 cm³/mol. The van der Waals surface area contributed by atoms with Crippen molar-refractivity contribution in [2.24, 2.45) is 5.73 Å². The van der Waals surface area contributed by atoms with Gasteiger partial charge in [-0.25, -0.2) is 4.98 Å². The lowest BCUT2D eigenvalue weighted by Gasteiger charge is -2.21. The van der Waals surface area contributed by atoms with Gasteiger partial charge in [0.05, 0.1) is 6.04 Å². The van der Waals surface area contributed by atoms with Crippen LogP contribution in [0.15, 0.2) is 18.3 Å². The van der Waals surface area contributed by atoms with Crippen LogP contribution < -0.4 is 11.1 Å². The summed E-state index contributed by atoms with van der Waals surface area (Å²) >= 11 is 0. The highest BCUT2D eigenvalue weighted by Gasteiger charge is 2.28. The normalized spacial score (nSPS) is 19.5. The topological polar surface area (TPSA) is 71.2 Å². The van der Waals surface area contributed by atoms with Crippen molar-refractivity contribution in [1.82, 2.24) is 9.88 Å². The maximum atomic E-state index is 11.4. The number of nitrogens with two attached hydrogens (primary N) is 1. The number of carbonyl (C=O) groups excluding carboxylic acids is 1. The summed E-state index contributed by atoms with van der Waals surface area (Å²) in [6, 6.07) is 3.93. The Labute approximate surface area is 114 Å². The minimum absolute atomic E-state index is 0.111. The van der Waals surface area contributed by atoms with Crippen LogP contribution in [0.4, 0.5) is 5.82 Å². The number of likely N-dealkylation sites (tertiary alicyclic amines) is 1. The first-order valence-corrected chi connectivity index (χ1v) is 6.93. The van der Waals surface area contributed by atoms with E-state index in [1.54, 1.807) is 0 Å². The minimum Gasteiger partial charge on any atom is -0.370 e. The van der Waals surface area contributed by atoms with Gasteiger partial charge in [-0.3, -0.25) is 9.69 Å². The maximum Gasteiger partial charge on any atom is 0.234 e. The van der Waals surface area contributed by atoms with Crippen molar-refractivity contribution in [3.63, 3.8) is 0 Å². The van der Waals surface area contributed by atoms with Gasteiger partial charge in [-0.2, -0.15) is 0 Å². The standard InChI is InChI=1S/C14H22N4O/c1-2-6-16-13-9-11(5-7-17-13)10-18-8-3-4-12(18)14(15)19/h5,7,9,12H,2-4,6,8,10H2,1H3,(H2,15,19)(H,16,17). The number of anilines is 1. The van der Waals surface area contributed by atoms with Gasteiger partial charge in [0.15, 0.2) is 0 Å². The highest BCUT2D eigenvalue weighted by atomic mass is 16.1. The van der Waals surface area contributed by atoms with Crippen LogP contribution in [-0.2, 0) is 11.3 Å². The molecule has 1 aromatic heterocycles. The largest absolute Gasteiger partial charge is 0.370 e. The molecule has 3 N–H and O–H groups in total. The van der Waals surface area contributed by atoms with E-state index in [2.05, 4.69) is 22.1 Å². The van der Waals surface area contributed by atoms with Crippen molar-refractivity contribution in [3.8, 4) is 0 Å². The summed E-state index contributed by atoms with van der Waals surface area (Å²) in [5, 5.41) is 3.27. The van der Waals surface area contributed by atoms with E-state index in [9.17, 15) is 4.79 Å². The van der Waals surface area contributed by atoms with Crippen LogP contribution in [0.2, 0.25) is 0 Å². The Morgan fingerprint density at radius 3 is 3.21 bits per heavy atom. The van der Waals surface area contributed by atoms with Gasteiger partial charge in [0, 0.05) is 19.3 Å². The summed E-state index contributed by atoms with van der Waals surface area (Å²) in [7, 11) is 0. The van der Waals surface area contributed by atoms with Crippen molar-refractivity contribution in [2.75, 3.05) is 18.4 Å². The number of hydrogen-bond donors (Lipinski definition) is 2. The van der Waals surface area contributed by atoms with Gasteiger partial charge >= 0.3 is 0 Å². The molecule has 0 bridgehead atoms. The average Bonchev–Trinajstić information content (AvgIpc) is 2.85. The van der Waals surface area contributed by atoms with Crippen LogP contribution in [0.25, 0.3) is 0 Å². The van der Waals surface area contributed by atoms with E-state index in [1.807, 2.05) is 18.3 Å². The van der Waals surface area contributed by atoms with Gasteiger partial charge in [-0.15, -0.1) is 0 Å². The molecular formula is C14H22N4O. The molecule has 0 aromatic carbocycles. The molecule has 1 fully saturated rings. The fourth-order valence-electron chi connectivity index (χ4n) is 2.49. The second kappa shape index (κ2) is 6.52. The summed E-state index contributed by atoms with van der Waals surface area (Å²) < 4.78 is 0. The number of rotatable bonds is 6. The number of nitrogens with one attached hydrogen (secondary N) is 1. The zero-order valence-electron chi connectivity index (χ0n) is 11.4. The lowest BCUT2D eigenvalue weighted by atomic mass is 10.2. The molecule has 5 nitrogen and oxygen atoms in total. The molecule has 1 amide bonds. The Hall–Kier alpha value is -1.62. The number of aromatic nitrogens is 1. The number of primary amides is 1. The predicted octanol–water partition coefficient (Wildman–Crippen LogP) is 1.35. The van der Waals surface area contributed by atoms with E-state index in [4.69, 9.17) is 5.73 Å². The smallest absolute Gasteiger partial charge is 0.234 e. The zero-order valence-corrected chi connectivity index (χ0v) is 11.4. The van der Waals surface area contributed by atoms with Crippen LogP contribution >= 0.6 is 0 Å². The third-order valence-electron chi connectivity index (χ3n) is 3.46. The Bertz CT molecular complexity index is 435. The Balaban J connectivity index is 2.00. The first kappa shape index (κ1) is 13.8. The second-order valence-electron chi connectivity index (χ2n) is 5.01. The summed E-state index contributed by atoms with van der Waals surface area (Å²) in [4.78, 5) is 17.8.